The average molecular weight is 210 g/mol. The van der Waals surface area contributed by atoms with Gasteiger partial charge in [-0.25, -0.2) is 0 Å². The maximum absolute atomic E-state index is 10.9. The summed E-state index contributed by atoms with van der Waals surface area (Å²) in [7, 11) is 0. The predicted octanol–water partition coefficient (Wildman–Crippen LogP) is 1.35. The van der Waals surface area contributed by atoms with Crippen LogP contribution in [0.25, 0.3) is 0 Å². The molecule has 0 unspecified atom stereocenters. The van der Waals surface area contributed by atoms with Crippen molar-refractivity contribution in [3.05, 3.63) is 34.1 Å². The summed E-state index contributed by atoms with van der Waals surface area (Å²) in [6.07, 6.45) is 1.06. The van der Waals surface area contributed by atoms with Crippen LogP contribution in [0.4, 0.5) is 5.69 Å². The van der Waals surface area contributed by atoms with Crippen molar-refractivity contribution in [1.29, 1.82) is 0 Å². The van der Waals surface area contributed by atoms with Crippen LogP contribution in [-0.2, 0) is 10.2 Å². The van der Waals surface area contributed by atoms with Gasteiger partial charge >= 0.3 is 5.97 Å². The molecular weight excluding hydrogens is 200 g/mol. The molecule has 0 aliphatic rings. The highest BCUT2D eigenvalue weighted by Crippen LogP contribution is 2.22. The Bertz CT molecular complexity index is 397. The first-order valence-corrected chi connectivity index (χ1v) is 4.20. The smallest absolute Gasteiger partial charge is 0.315 e. The topological polar surface area (TPSA) is 93.3 Å². The molecule has 6 heteroatoms. The molecule has 0 aliphatic carbocycles. The summed E-state index contributed by atoms with van der Waals surface area (Å²) in [6.45, 7) is 2.98. The number of pyridine rings is 1. The molecule has 0 aliphatic heterocycles. The van der Waals surface area contributed by atoms with Crippen LogP contribution in [0.3, 0.4) is 0 Å². The molecule has 1 N–H and O–H groups in total. The van der Waals surface area contributed by atoms with Crippen molar-refractivity contribution >= 4 is 11.7 Å². The molecule has 0 saturated heterocycles. The van der Waals surface area contributed by atoms with Crippen molar-refractivity contribution < 1.29 is 14.8 Å². The lowest BCUT2D eigenvalue weighted by atomic mass is 9.89. The standard InChI is InChI=1S/C9H10N2O4/c1-9(2,8(12)13)7-4-3-6(5-10-7)11(14)15/h3-5H,1-2H3,(H,12,13). The van der Waals surface area contributed by atoms with E-state index in [0.717, 1.165) is 6.20 Å². The van der Waals surface area contributed by atoms with E-state index in [-0.39, 0.29) is 5.69 Å². The molecule has 1 rings (SSSR count). The molecule has 6 nitrogen and oxygen atoms in total. The number of carboxylic acids is 1. The summed E-state index contributed by atoms with van der Waals surface area (Å²) >= 11 is 0. The van der Waals surface area contributed by atoms with E-state index in [1.165, 1.54) is 26.0 Å². The van der Waals surface area contributed by atoms with Crippen molar-refractivity contribution in [3.8, 4) is 0 Å². The Hall–Kier alpha value is -1.98. The number of nitrogens with zero attached hydrogens (tertiary/aromatic N) is 2. The lowest BCUT2D eigenvalue weighted by Crippen LogP contribution is -2.29. The first-order chi connectivity index (χ1) is 6.85. The molecule has 1 heterocycles. The highest BCUT2D eigenvalue weighted by Gasteiger charge is 2.31. The number of carboxylic acid groups (broad SMARTS) is 1. The Labute approximate surface area is 85.7 Å². The van der Waals surface area contributed by atoms with Crippen LogP contribution in [-0.4, -0.2) is 21.0 Å². The van der Waals surface area contributed by atoms with Gasteiger partial charge in [0.05, 0.1) is 10.6 Å². The van der Waals surface area contributed by atoms with Gasteiger partial charge in [0.1, 0.15) is 11.6 Å². The van der Waals surface area contributed by atoms with E-state index in [2.05, 4.69) is 4.98 Å². The van der Waals surface area contributed by atoms with E-state index in [4.69, 9.17) is 5.11 Å². The van der Waals surface area contributed by atoms with Gasteiger partial charge < -0.3 is 5.11 Å². The zero-order valence-electron chi connectivity index (χ0n) is 8.30. The monoisotopic (exact) mass is 210 g/mol. The van der Waals surface area contributed by atoms with Gasteiger partial charge in [0.15, 0.2) is 0 Å². The van der Waals surface area contributed by atoms with Gasteiger partial charge in [-0.05, 0) is 19.9 Å². The van der Waals surface area contributed by atoms with E-state index >= 15 is 0 Å². The van der Waals surface area contributed by atoms with E-state index in [1.807, 2.05) is 0 Å². The molecule has 1 aromatic heterocycles. The SMILES string of the molecule is CC(C)(C(=O)O)c1ccc([N+](=O)[O-])cn1. The highest BCUT2D eigenvalue weighted by molar-refractivity contribution is 5.79. The van der Waals surface area contributed by atoms with Crippen LogP contribution in [0.5, 0.6) is 0 Å². The van der Waals surface area contributed by atoms with E-state index in [9.17, 15) is 14.9 Å². The van der Waals surface area contributed by atoms with Crippen molar-refractivity contribution in [2.24, 2.45) is 0 Å². The van der Waals surface area contributed by atoms with Gasteiger partial charge in [-0.15, -0.1) is 0 Å². The molecule has 80 valence electrons. The van der Waals surface area contributed by atoms with Crippen molar-refractivity contribution in [1.82, 2.24) is 4.98 Å². The Balaban J connectivity index is 3.09. The van der Waals surface area contributed by atoms with Gasteiger partial charge in [-0.3, -0.25) is 19.9 Å². The maximum Gasteiger partial charge on any atom is 0.315 e. The number of hydrogen-bond acceptors (Lipinski definition) is 4. The number of hydrogen-bond donors (Lipinski definition) is 1. The second kappa shape index (κ2) is 3.64. The summed E-state index contributed by atoms with van der Waals surface area (Å²) in [6, 6.07) is 2.60. The van der Waals surface area contributed by atoms with Gasteiger partial charge in [0.25, 0.3) is 5.69 Å². The fraction of sp³-hybridized carbons (Fsp3) is 0.333. The molecule has 15 heavy (non-hydrogen) atoms. The highest BCUT2D eigenvalue weighted by atomic mass is 16.6. The minimum absolute atomic E-state index is 0.153. The zero-order chi connectivity index (χ0) is 11.6. The van der Waals surface area contributed by atoms with Crippen LogP contribution < -0.4 is 0 Å². The summed E-state index contributed by atoms with van der Waals surface area (Å²) in [5, 5.41) is 19.2. The fourth-order valence-corrected chi connectivity index (χ4v) is 0.973. The van der Waals surface area contributed by atoms with Crippen molar-refractivity contribution in [3.63, 3.8) is 0 Å². The van der Waals surface area contributed by atoms with Crippen molar-refractivity contribution in [2.75, 3.05) is 0 Å². The maximum atomic E-state index is 10.9. The van der Waals surface area contributed by atoms with Crippen LogP contribution in [0.1, 0.15) is 19.5 Å². The third kappa shape index (κ3) is 2.09. The number of rotatable bonds is 3. The minimum Gasteiger partial charge on any atom is -0.481 e. The molecule has 0 saturated carbocycles. The molecule has 0 fully saturated rings. The largest absolute Gasteiger partial charge is 0.481 e. The summed E-state index contributed by atoms with van der Waals surface area (Å²) in [5.41, 5.74) is -1.00. The Morgan fingerprint density at radius 1 is 1.53 bits per heavy atom. The van der Waals surface area contributed by atoms with Gasteiger partial charge in [0.2, 0.25) is 0 Å². The summed E-state index contributed by atoms with van der Waals surface area (Å²) in [4.78, 5) is 24.4. The van der Waals surface area contributed by atoms with Crippen molar-refractivity contribution in [2.45, 2.75) is 19.3 Å². The second-order valence-electron chi connectivity index (χ2n) is 3.59. The third-order valence-electron chi connectivity index (χ3n) is 2.13. The molecule has 0 aromatic carbocycles. The molecular formula is C9H10N2O4. The quantitative estimate of drug-likeness (QED) is 0.600. The third-order valence-corrected chi connectivity index (χ3v) is 2.13. The summed E-state index contributed by atoms with van der Waals surface area (Å²) < 4.78 is 0. The van der Waals surface area contributed by atoms with Gasteiger partial charge in [-0.1, -0.05) is 0 Å². The normalized spacial score (nSPS) is 11.1. The molecule has 0 atom stereocenters. The number of nitro groups is 1. The van der Waals surface area contributed by atoms with E-state index in [1.54, 1.807) is 0 Å². The van der Waals surface area contributed by atoms with Crippen LogP contribution >= 0.6 is 0 Å². The van der Waals surface area contributed by atoms with Crippen LogP contribution in [0, 0.1) is 10.1 Å². The lowest BCUT2D eigenvalue weighted by Gasteiger charge is -2.17. The number of aliphatic carboxylic acids is 1. The zero-order valence-corrected chi connectivity index (χ0v) is 8.30. The number of carbonyl (C=O) groups is 1. The first-order valence-electron chi connectivity index (χ1n) is 4.20. The Kier molecular flexibility index (Phi) is 2.69. The Morgan fingerprint density at radius 2 is 2.13 bits per heavy atom. The number of aromatic nitrogens is 1. The molecule has 0 amide bonds. The fourth-order valence-electron chi connectivity index (χ4n) is 0.973. The molecule has 0 bridgehead atoms. The van der Waals surface area contributed by atoms with Crippen LogP contribution in [0.2, 0.25) is 0 Å². The van der Waals surface area contributed by atoms with E-state index in [0.29, 0.717) is 5.69 Å². The van der Waals surface area contributed by atoms with E-state index < -0.39 is 16.3 Å². The average Bonchev–Trinajstić information content (AvgIpc) is 2.17. The first kappa shape index (κ1) is 11.1. The van der Waals surface area contributed by atoms with Gasteiger partial charge in [0, 0.05) is 6.07 Å². The molecule has 1 aromatic rings. The Morgan fingerprint density at radius 3 is 2.47 bits per heavy atom. The predicted molar refractivity (Wildman–Crippen MR) is 51.6 cm³/mol. The second-order valence-corrected chi connectivity index (χ2v) is 3.59. The van der Waals surface area contributed by atoms with Crippen LogP contribution in [0.15, 0.2) is 18.3 Å². The summed E-state index contributed by atoms with van der Waals surface area (Å²) in [5.74, 6) is -1.02. The molecule has 0 spiro atoms. The van der Waals surface area contributed by atoms with Gasteiger partial charge in [-0.2, -0.15) is 0 Å². The molecule has 0 radical (unpaired) electrons. The lowest BCUT2D eigenvalue weighted by molar-refractivity contribution is -0.385. The minimum atomic E-state index is -1.14.